The third-order valence-electron chi connectivity index (χ3n) is 3.38. The number of carbonyl (C=O) groups is 1. The zero-order chi connectivity index (χ0) is 12.6. The molecule has 0 saturated heterocycles. The van der Waals surface area contributed by atoms with E-state index in [1.807, 2.05) is 0 Å². The van der Waals surface area contributed by atoms with Crippen molar-refractivity contribution in [3.05, 3.63) is 23.8 Å². The number of phenols is 2. The summed E-state index contributed by atoms with van der Waals surface area (Å²) in [5.41, 5.74) is 0.154. The minimum Gasteiger partial charge on any atom is -0.504 e. The van der Waals surface area contributed by atoms with E-state index in [2.05, 4.69) is 6.92 Å². The SMILES string of the molecule is CC1CC1CN(C)C(=O)c1cccc(O)c1O. The van der Waals surface area contributed by atoms with Crippen molar-refractivity contribution < 1.29 is 15.0 Å². The summed E-state index contributed by atoms with van der Waals surface area (Å²) in [4.78, 5) is 13.6. The molecule has 92 valence electrons. The van der Waals surface area contributed by atoms with Gasteiger partial charge in [0.2, 0.25) is 0 Å². The molecule has 4 heteroatoms. The first-order valence-electron chi connectivity index (χ1n) is 5.77. The van der Waals surface area contributed by atoms with Crippen LogP contribution in [0.15, 0.2) is 18.2 Å². The van der Waals surface area contributed by atoms with Crippen molar-refractivity contribution >= 4 is 5.91 Å². The lowest BCUT2D eigenvalue weighted by atomic mass is 10.1. The Morgan fingerprint density at radius 3 is 2.71 bits per heavy atom. The van der Waals surface area contributed by atoms with E-state index in [4.69, 9.17) is 0 Å². The molecule has 1 aromatic rings. The van der Waals surface area contributed by atoms with Crippen LogP contribution in [0.3, 0.4) is 0 Å². The van der Waals surface area contributed by atoms with Crippen LogP contribution in [0, 0.1) is 11.8 Å². The molecule has 0 bridgehead atoms. The predicted molar refractivity (Wildman–Crippen MR) is 64.0 cm³/mol. The van der Waals surface area contributed by atoms with Gasteiger partial charge in [-0.3, -0.25) is 4.79 Å². The number of hydrogen-bond donors (Lipinski definition) is 2. The van der Waals surface area contributed by atoms with Crippen LogP contribution in [0.5, 0.6) is 11.5 Å². The Morgan fingerprint density at radius 2 is 2.12 bits per heavy atom. The van der Waals surface area contributed by atoms with Gasteiger partial charge >= 0.3 is 0 Å². The molecule has 1 saturated carbocycles. The third kappa shape index (κ3) is 2.35. The summed E-state index contributed by atoms with van der Waals surface area (Å²) in [6.45, 7) is 2.86. The van der Waals surface area contributed by atoms with E-state index >= 15 is 0 Å². The largest absolute Gasteiger partial charge is 0.504 e. The smallest absolute Gasteiger partial charge is 0.257 e. The van der Waals surface area contributed by atoms with Crippen molar-refractivity contribution in [3.8, 4) is 11.5 Å². The first-order valence-corrected chi connectivity index (χ1v) is 5.77. The van der Waals surface area contributed by atoms with Crippen LogP contribution in [0.2, 0.25) is 0 Å². The van der Waals surface area contributed by atoms with E-state index in [9.17, 15) is 15.0 Å². The molecule has 17 heavy (non-hydrogen) atoms. The van der Waals surface area contributed by atoms with Crippen LogP contribution in [-0.2, 0) is 0 Å². The van der Waals surface area contributed by atoms with Gasteiger partial charge in [-0.25, -0.2) is 0 Å². The van der Waals surface area contributed by atoms with Crippen molar-refractivity contribution in [1.29, 1.82) is 0 Å². The van der Waals surface area contributed by atoms with Gasteiger partial charge in [0.25, 0.3) is 5.91 Å². The maximum Gasteiger partial charge on any atom is 0.257 e. The molecule has 1 aliphatic carbocycles. The van der Waals surface area contributed by atoms with E-state index in [1.54, 1.807) is 18.0 Å². The van der Waals surface area contributed by atoms with E-state index in [-0.39, 0.29) is 23.0 Å². The van der Waals surface area contributed by atoms with E-state index < -0.39 is 0 Å². The second kappa shape index (κ2) is 4.28. The Morgan fingerprint density at radius 1 is 1.47 bits per heavy atom. The number of para-hydroxylation sites is 1. The van der Waals surface area contributed by atoms with Gasteiger partial charge in [-0.1, -0.05) is 13.0 Å². The van der Waals surface area contributed by atoms with Crippen LogP contribution in [0.1, 0.15) is 23.7 Å². The highest BCUT2D eigenvalue weighted by Crippen LogP contribution is 2.38. The predicted octanol–water partition coefficient (Wildman–Crippen LogP) is 1.83. The maximum atomic E-state index is 12.0. The molecule has 2 unspecified atom stereocenters. The summed E-state index contributed by atoms with van der Waals surface area (Å²) in [5, 5.41) is 19.0. The number of nitrogens with zero attached hydrogens (tertiary/aromatic N) is 1. The minimum absolute atomic E-state index is 0.154. The summed E-state index contributed by atoms with van der Waals surface area (Å²) in [6.07, 6.45) is 1.16. The van der Waals surface area contributed by atoms with Crippen LogP contribution in [-0.4, -0.2) is 34.6 Å². The van der Waals surface area contributed by atoms with Crippen LogP contribution < -0.4 is 0 Å². The first kappa shape index (κ1) is 11.8. The molecule has 0 aromatic heterocycles. The van der Waals surface area contributed by atoms with Crippen molar-refractivity contribution in [1.82, 2.24) is 4.90 Å². The lowest BCUT2D eigenvalue weighted by Gasteiger charge is -2.17. The number of carbonyl (C=O) groups excluding carboxylic acids is 1. The van der Waals surface area contributed by atoms with E-state index in [1.165, 1.54) is 12.1 Å². The van der Waals surface area contributed by atoms with Crippen molar-refractivity contribution in [3.63, 3.8) is 0 Å². The van der Waals surface area contributed by atoms with Gasteiger partial charge in [-0.15, -0.1) is 0 Å². The lowest BCUT2D eigenvalue weighted by Crippen LogP contribution is -2.29. The zero-order valence-corrected chi connectivity index (χ0v) is 10.1. The molecule has 1 fully saturated rings. The van der Waals surface area contributed by atoms with Gasteiger partial charge in [0.05, 0.1) is 5.56 Å². The molecule has 2 atom stereocenters. The summed E-state index contributed by atoms with van der Waals surface area (Å²) in [5.74, 6) is 0.404. The quantitative estimate of drug-likeness (QED) is 0.786. The van der Waals surface area contributed by atoms with Crippen LogP contribution in [0.4, 0.5) is 0 Å². The Hall–Kier alpha value is -1.71. The highest BCUT2D eigenvalue weighted by Gasteiger charge is 2.34. The molecule has 4 nitrogen and oxygen atoms in total. The minimum atomic E-state index is -0.340. The number of amides is 1. The van der Waals surface area contributed by atoms with Crippen LogP contribution >= 0.6 is 0 Å². The van der Waals surface area contributed by atoms with Gasteiger partial charge in [-0.05, 0) is 30.4 Å². The topological polar surface area (TPSA) is 60.8 Å². The van der Waals surface area contributed by atoms with Gasteiger partial charge in [-0.2, -0.15) is 0 Å². The van der Waals surface area contributed by atoms with Crippen LogP contribution in [0.25, 0.3) is 0 Å². The molecular weight excluding hydrogens is 218 g/mol. The molecule has 2 rings (SSSR count). The normalized spacial score (nSPS) is 22.2. The molecule has 0 aliphatic heterocycles. The molecule has 1 aromatic carbocycles. The van der Waals surface area contributed by atoms with Gasteiger partial charge < -0.3 is 15.1 Å². The molecular formula is C13H17NO3. The Labute approximate surface area is 100 Å². The number of phenolic OH excluding ortho intramolecular Hbond substituents is 2. The average molecular weight is 235 g/mol. The Balaban J connectivity index is 2.10. The molecule has 0 heterocycles. The molecule has 0 radical (unpaired) electrons. The molecule has 2 N–H and O–H groups in total. The lowest BCUT2D eigenvalue weighted by molar-refractivity contribution is 0.0783. The van der Waals surface area contributed by atoms with Crippen molar-refractivity contribution in [2.24, 2.45) is 11.8 Å². The van der Waals surface area contributed by atoms with Gasteiger partial charge in [0.1, 0.15) is 0 Å². The van der Waals surface area contributed by atoms with E-state index in [0.717, 1.165) is 6.42 Å². The average Bonchev–Trinajstić information content (AvgIpc) is 2.97. The van der Waals surface area contributed by atoms with Crippen molar-refractivity contribution in [2.75, 3.05) is 13.6 Å². The van der Waals surface area contributed by atoms with Gasteiger partial charge in [0, 0.05) is 13.6 Å². The summed E-state index contributed by atoms with van der Waals surface area (Å²) < 4.78 is 0. The highest BCUT2D eigenvalue weighted by atomic mass is 16.3. The fourth-order valence-electron chi connectivity index (χ4n) is 2.00. The zero-order valence-electron chi connectivity index (χ0n) is 10.1. The number of rotatable bonds is 3. The Kier molecular flexibility index (Phi) is 2.96. The molecule has 0 spiro atoms. The van der Waals surface area contributed by atoms with E-state index in [0.29, 0.717) is 18.4 Å². The third-order valence-corrected chi connectivity index (χ3v) is 3.38. The van der Waals surface area contributed by atoms with Gasteiger partial charge in [0.15, 0.2) is 11.5 Å². The number of hydrogen-bond acceptors (Lipinski definition) is 3. The fraction of sp³-hybridized carbons (Fsp3) is 0.462. The fourth-order valence-corrected chi connectivity index (χ4v) is 2.00. The summed E-state index contributed by atoms with van der Waals surface area (Å²) >= 11 is 0. The summed E-state index contributed by atoms with van der Waals surface area (Å²) in [6, 6.07) is 4.43. The standard InChI is InChI=1S/C13H17NO3/c1-8-6-9(8)7-14(2)13(17)10-4-3-5-11(15)12(10)16/h3-5,8-9,15-16H,6-7H2,1-2H3. The molecule has 1 amide bonds. The number of aromatic hydroxyl groups is 2. The Bertz CT molecular complexity index is 444. The van der Waals surface area contributed by atoms with Crippen molar-refractivity contribution in [2.45, 2.75) is 13.3 Å². The maximum absolute atomic E-state index is 12.0. The highest BCUT2D eigenvalue weighted by molar-refractivity contribution is 5.97. The molecule has 1 aliphatic rings. The number of benzene rings is 1. The first-order chi connectivity index (χ1) is 8.00. The second-order valence-electron chi connectivity index (χ2n) is 4.83. The second-order valence-corrected chi connectivity index (χ2v) is 4.83. The summed E-state index contributed by atoms with van der Waals surface area (Å²) in [7, 11) is 1.72. The monoisotopic (exact) mass is 235 g/mol.